The van der Waals surface area contributed by atoms with Gasteiger partial charge in [0, 0.05) is 139 Å². The van der Waals surface area contributed by atoms with Crippen LogP contribution in [-0.4, -0.2) is 150 Å². The molecule has 34 nitrogen and oxygen atoms in total. The molecule has 150 heavy (non-hydrogen) atoms. The van der Waals surface area contributed by atoms with Gasteiger partial charge in [0.15, 0.2) is 25.8 Å². The van der Waals surface area contributed by atoms with Crippen LogP contribution in [0, 0.1) is 5.92 Å². The topological polar surface area (TPSA) is 407 Å². The number of fused-ring (bicyclic) bond motifs is 4. The first-order valence-corrected chi connectivity index (χ1v) is 54.8. The molecular formula is C96H73BBr4Cl12F2N26O8Si. The van der Waals surface area contributed by atoms with Crippen LogP contribution in [0.1, 0.15) is 37.6 Å². The molecule has 54 heteroatoms. The number of aromatic nitrogens is 24. The largest absolute Gasteiger partial charge is 0.495 e. The Morgan fingerprint density at radius 3 is 1.29 bits per heavy atom. The molecule has 0 fully saturated rings. The Morgan fingerprint density at radius 2 is 0.867 bits per heavy atom. The molecule has 768 valence electrons. The summed E-state index contributed by atoms with van der Waals surface area (Å²) < 4.78 is 50.6. The Labute approximate surface area is 945 Å². The summed E-state index contributed by atoms with van der Waals surface area (Å²) in [5.74, 6) is -0.586. The van der Waals surface area contributed by atoms with Crippen LogP contribution in [-0.2, 0) is 25.9 Å². The zero-order valence-corrected chi connectivity index (χ0v) is 94.7. The van der Waals surface area contributed by atoms with Crippen LogP contribution in [0.5, 0.6) is 0 Å². The molecule has 0 unspecified atom stereocenters. The lowest BCUT2D eigenvalue weighted by Crippen LogP contribution is -2.40. The fourth-order valence-electron chi connectivity index (χ4n) is 14.4. The summed E-state index contributed by atoms with van der Waals surface area (Å²) in [5.41, 5.74) is 15.3. The highest BCUT2D eigenvalue weighted by molar-refractivity contribution is 9.11. The Kier molecular flexibility index (Phi) is 38.3. The van der Waals surface area contributed by atoms with Gasteiger partial charge in [0.05, 0.1) is 121 Å². The highest BCUT2D eigenvalue weighted by Gasteiger charge is 2.29. The van der Waals surface area contributed by atoms with Crippen molar-refractivity contribution in [2.75, 3.05) is 11.1 Å². The summed E-state index contributed by atoms with van der Waals surface area (Å²) in [4.78, 5) is 67.2. The SMILES string of the molecule is C[C@@H]1CC/C=C(/c2ccc(-c3cc(Cl)ccc3-n3cc(Cl)nn3)n(C)c2=O)c2cc(ccn2)-c2c(cnn2C(F)F)NC1=O.C[Si](C)(C)c1cn(-c2ccc(Cl)cc2Br)nn1.Clc1ccc(-n2cc(Cl)nn2)c(Br)c1.Cn1c(-c2cc(Cl)ccc2-n2cc(Cl)nn2)ccc(Br)c1=O.Cn1c(-c2cc(Cl)ccc2-n2cc(Cl)nn2)cccc1=O.Nc1ccc(Cl)cc1Br.O=c1oc(-c2cc(Cl)ccc2-n2cc(Cl)nn2)ccc1B(O)O. The first-order chi connectivity index (χ1) is 71.3. The van der Waals surface area contributed by atoms with E-state index in [1.54, 1.807) is 216 Å². The molecule has 20 rings (SSSR count). The minimum absolute atomic E-state index is 0.0362. The van der Waals surface area contributed by atoms with E-state index >= 15 is 0 Å². The fraction of sp³-hybridized carbons (Fsp3) is 0.115. The van der Waals surface area contributed by atoms with Gasteiger partial charge in [-0.05, 0) is 252 Å². The molecule has 5 N–H and O–H groups in total. The lowest BCUT2D eigenvalue weighted by Gasteiger charge is -2.18. The number of allylic oxidation sites excluding steroid dienone is 1. The minimum atomic E-state index is -2.95. The van der Waals surface area contributed by atoms with Gasteiger partial charge in [0.25, 0.3) is 16.7 Å². The van der Waals surface area contributed by atoms with Crippen molar-refractivity contribution in [1.82, 2.24) is 118 Å². The molecule has 1 amide bonds. The van der Waals surface area contributed by atoms with E-state index < -0.39 is 33.3 Å². The summed E-state index contributed by atoms with van der Waals surface area (Å²) in [5, 5.41) is 78.1. The second kappa shape index (κ2) is 50.5. The zero-order valence-electron chi connectivity index (χ0n) is 78.3. The average molecular weight is 2540 g/mol. The van der Waals surface area contributed by atoms with Crippen molar-refractivity contribution in [3.8, 4) is 90.5 Å². The van der Waals surface area contributed by atoms with E-state index in [0.717, 1.165) is 58.3 Å². The number of carbonyl (C=O) groups is 1. The van der Waals surface area contributed by atoms with Gasteiger partial charge in [-0.2, -0.15) is 13.9 Å². The molecule has 0 saturated carbocycles. The molecular weight excluding hydrogens is 2470 g/mol. The fourth-order valence-corrected chi connectivity index (χ4v) is 19.4. The molecule has 1 aliphatic heterocycles. The maximum absolute atomic E-state index is 14.0. The van der Waals surface area contributed by atoms with Crippen LogP contribution in [0.25, 0.3) is 96.1 Å². The molecule has 12 aromatic heterocycles. The number of anilines is 2. The van der Waals surface area contributed by atoms with E-state index in [4.69, 9.17) is 159 Å². The first-order valence-electron chi connectivity index (χ1n) is 43.6. The highest BCUT2D eigenvalue weighted by atomic mass is 79.9. The van der Waals surface area contributed by atoms with Crippen molar-refractivity contribution in [3.05, 3.63) is 381 Å². The number of pyridine rings is 4. The molecule has 13 heterocycles. The Hall–Kier alpha value is -12.0. The minimum Gasteiger partial charge on any atom is -0.423 e. The van der Waals surface area contributed by atoms with E-state index in [1.165, 1.54) is 55.3 Å². The predicted molar refractivity (Wildman–Crippen MR) is 600 cm³/mol. The number of hydrogen-bond donors (Lipinski definition) is 4. The van der Waals surface area contributed by atoms with E-state index in [2.05, 4.69) is 161 Å². The summed E-state index contributed by atoms with van der Waals surface area (Å²) in [6, 6.07) is 54.9. The second-order valence-corrected chi connectivity index (χ2v) is 46.4. The summed E-state index contributed by atoms with van der Waals surface area (Å²) in [7, 11) is 1.72. The van der Waals surface area contributed by atoms with Gasteiger partial charge in [0.2, 0.25) is 5.91 Å². The third-order valence-electron chi connectivity index (χ3n) is 21.9. The molecule has 0 spiro atoms. The van der Waals surface area contributed by atoms with Gasteiger partial charge in [-0.25, -0.2) is 37.6 Å². The summed E-state index contributed by atoms with van der Waals surface area (Å²) >= 11 is 84.3. The predicted octanol–water partition coefficient (Wildman–Crippen LogP) is 23.2. The van der Waals surface area contributed by atoms with Gasteiger partial charge in [-0.1, -0.05) is 215 Å². The standard InChI is InChI=1S/C30H24Cl2F2N8O2.C14H9BrCl2N4O.C14H10Cl2N4O.C13H8BCl2N3O4.C11H13BrClN3Si.C8H4BrCl2N3.C6H5BrClN/c1-16-4-3-5-19(22-12-17(10-11-35-22)27-23(37-28(16)43)14-36-42(27)30(33)34)20-7-9-24(40(2)29(20)44)21-13-18(31)6-8-25(21)41-15-26(32)38-39-41;1-20-11(5-3-10(15)14(20)22)9-6-8(16)2-4-12(9)21-7-13(17)18-19-21;1-19-11(3-2-4-14(19)21)10-7-9(15)5-6-12(10)20-8-13(16)17-18-20;15-7-1-3-10(19-6-12(16)17-18-19)8(5-7)11-4-2-9(14(21)22)13(20)23-11;1-17(2,3)11-7-16(15-14-11)10-5-4-8(13)6-9(10)12;9-6-3-5(10)1-2-7(6)14-4-8(11)12-13-14;7-5-3-4(8)1-2-6(5)9/h5-16,30H,3-4H2,1-2H3,(H,37,43);2-7H,1H3;2-8H,1H3;1-6,21-22H;4-7H,1-3H3;1-4H;1-3H,9H2/b19-5-;;;;;;/t16-;;;;;;/m1....../s1. The second-order valence-electron chi connectivity index (χ2n) is 33.0. The molecule has 0 radical (unpaired) electrons. The van der Waals surface area contributed by atoms with E-state index in [-0.39, 0.29) is 65.8 Å². The first kappa shape index (κ1) is 114. The third kappa shape index (κ3) is 28.1. The molecule has 7 aromatic carbocycles. The van der Waals surface area contributed by atoms with Crippen molar-refractivity contribution >= 4 is 252 Å². The van der Waals surface area contributed by atoms with Crippen molar-refractivity contribution in [1.29, 1.82) is 0 Å². The lowest BCUT2D eigenvalue weighted by molar-refractivity contribution is -0.119. The van der Waals surface area contributed by atoms with Crippen LogP contribution in [0.15, 0.2) is 291 Å². The van der Waals surface area contributed by atoms with Crippen LogP contribution in [0.4, 0.5) is 20.2 Å². The number of benzene rings is 7. The quantitative estimate of drug-likeness (QED) is 0.0580. The van der Waals surface area contributed by atoms with E-state index in [0.29, 0.717) is 124 Å². The molecule has 1 aliphatic rings. The number of amides is 1. The number of alkyl halides is 2. The number of hydrogen-bond acceptors (Lipinski definition) is 23. The molecule has 0 saturated heterocycles. The third-order valence-corrected chi connectivity index (χ3v) is 28.7. The smallest absolute Gasteiger partial charge is 0.423 e. The molecule has 2 bridgehead atoms. The number of nitrogen functional groups attached to an aromatic ring is 1. The number of rotatable bonds is 14. The number of halogens is 18. The highest BCUT2D eigenvalue weighted by Crippen LogP contribution is 2.40. The lowest BCUT2D eigenvalue weighted by atomic mass is 9.81. The number of nitrogens with two attached hydrogens (primary N) is 1. The number of nitrogens with zero attached hydrogens (tertiary/aromatic N) is 24. The number of carbonyl (C=O) groups excluding carboxylic acids is 1. The van der Waals surface area contributed by atoms with Crippen LogP contribution in [0.2, 0.25) is 80.6 Å². The molecule has 0 aliphatic carbocycles. The normalized spacial score (nSPS) is 12.5. The van der Waals surface area contributed by atoms with Crippen molar-refractivity contribution in [2.24, 2.45) is 27.1 Å². The van der Waals surface area contributed by atoms with Gasteiger partial charge < -0.3 is 39.2 Å². The van der Waals surface area contributed by atoms with Gasteiger partial charge in [0.1, 0.15) is 13.8 Å². The Balaban J connectivity index is 0.000000145. The summed E-state index contributed by atoms with van der Waals surface area (Å²) in [6.07, 6.45) is 15.3. The zero-order chi connectivity index (χ0) is 108. The molecule has 1 atom stereocenters. The van der Waals surface area contributed by atoms with Crippen LogP contribution >= 0.6 is 203 Å². The average Bonchev–Trinajstić information content (AvgIpc) is 0.807. The van der Waals surface area contributed by atoms with Crippen molar-refractivity contribution in [3.63, 3.8) is 0 Å². The van der Waals surface area contributed by atoms with Gasteiger partial charge >= 0.3 is 19.3 Å². The Bertz CT molecular complexity index is 8530. The van der Waals surface area contributed by atoms with Crippen LogP contribution < -0.4 is 44.1 Å². The maximum atomic E-state index is 14.0. The molecule has 19 aromatic rings. The van der Waals surface area contributed by atoms with Gasteiger partial charge in [-0.3, -0.25) is 24.2 Å². The summed E-state index contributed by atoms with van der Waals surface area (Å²) in [6.45, 7) is 5.55. The van der Waals surface area contributed by atoms with Crippen LogP contribution in [0.3, 0.4) is 0 Å². The Morgan fingerprint density at radius 1 is 0.453 bits per heavy atom. The van der Waals surface area contributed by atoms with Crippen molar-refractivity contribution < 1.29 is 28.0 Å². The van der Waals surface area contributed by atoms with E-state index in [9.17, 15) is 32.8 Å². The van der Waals surface area contributed by atoms with Crippen molar-refractivity contribution in [2.45, 2.75) is 46.0 Å². The number of nitrogens with one attached hydrogen (secondary N) is 1. The maximum Gasteiger partial charge on any atom is 0.495 e. The monoisotopic (exact) mass is 2530 g/mol. The van der Waals surface area contributed by atoms with E-state index in [1.807, 2.05) is 48.7 Å². The van der Waals surface area contributed by atoms with Gasteiger partial charge in [-0.15, -0.1) is 30.6 Å².